The van der Waals surface area contributed by atoms with Gasteiger partial charge in [-0.3, -0.25) is 9.78 Å². The number of nitrogens with one attached hydrogen (secondary N) is 2. The number of carbonyl (C=O) groups excluding carboxylic acids is 1. The minimum atomic E-state index is -0.0736. The second-order valence-electron chi connectivity index (χ2n) is 10.3. The zero-order valence-corrected chi connectivity index (χ0v) is 22.1. The minimum absolute atomic E-state index is 0.0163. The lowest BCUT2D eigenvalue weighted by Crippen LogP contribution is -2.31. The van der Waals surface area contributed by atoms with Crippen LogP contribution in [0.15, 0.2) is 60.9 Å². The van der Waals surface area contributed by atoms with Crippen molar-refractivity contribution in [3.63, 3.8) is 0 Å². The number of benzene rings is 1. The molecule has 0 spiro atoms. The van der Waals surface area contributed by atoms with Gasteiger partial charge in [0, 0.05) is 41.4 Å². The minimum Gasteiger partial charge on any atom is -0.351 e. The third-order valence-electron chi connectivity index (χ3n) is 7.45. The highest BCUT2D eigenvalue weighted by Crippen LogP contribution is 2.44. The lowest BCUT2D eigenvalue weighted by atomic mass is 9.94. The molecule has 1 aliphatic carbocycles. The Kier molecular flexibility index (Phi) is 7.10. The predicted molar refractivity (Wildman–Crippen MR) is 149 cm³/mol. The van der Waals surface area contributed by atoms with Gasteiger partial charge in [-0.05, 0) is 80.0 Å². The summed E-state index contributed by atoms with van der Waals surface area (Å²) in [5.74, 6) is -0.0573. The Bertz CT molecular complexity index is 1230. The van der Waals surface area contributed by atoms with Gasteiger partial charge in [0.2, 0.25) is 5.91 Å². The average molecular weight is 502 g/mol. The van der Waals surface area contributed by atoms with E-state index in [1.165, 1.54) is 37.8 Å². The van der Waals surface area contributed by atoms with Crippen molar-refractivity contribution in [2.45, 2.75) is 71.0 Å². The molecule has 6 nitrogen and oxygen atoms in total. The molecule has 1 aromatic carbocycles. The lowest BCUT2D eigenvalue weighted by Gasteiger charge is -2.32. The fourth-order valence-corrected chi connectivity index (χ4v) is 5.84. The lowest BCUT2D eigenvalue weighted by molar-refractivity contribution is -0.118. The smallest absolute Gasteiger partial charge is 0.226 e. The Morgan fingerprint density at radius 1 is 1.11 bits per heavy atom. The molecule has 0 unspecified atom stereocenters. The topological polar surface area (TPSA) is 62.2 Å². The van der Waals surface area contributed by atoms with Crippen LogP contribution in [0.25, 0.3) is 0 Å². The van der Waals surface area contributed by atoms with Gasteiger partial charge in [-0.15, -0.1) is 0 Å². The Hall–Kier alpha value is -3.19. The second kappa shape index (κ2) is 10.4. The molecule has 2 aliphatic rings. The number of carbonyl (C=O) groups is 1. The molecule has 1 saturated carbocycles. The summed E-state index contributed by atoms with van der Waals surface area (Å²) in [5.41, 5.74) is 5.07. The van der Waals surface area contributed by atoms with Gasteiger partial charge in [0.25, 0.3) is 0 Å². The largest absolute Gasteiger partial charge is 0.351 e. The van der Waals surface area contributed by atoms with Crippen molar-refractivity contribution in [3.8, 4) is 0 Å². The first-order chi connectivity index (χ1) is 17.4. The van der Waals surface area contributed by atoms with Gasteiger partial charge in [0.05, 0.1) is 11.7 Å². The van der Waals surface area contributed by atoms with E-state index >= 15 is 0 Å². The van der Waals surface area contributed by atoms with E-state index in [-0.39, 0.29) is 23.9 Å². The number of aryl methyl sites for hydroxylation is 1. The van der Waals surface area contributed by atoms with Crippen molar-refractivity contribution >= 4 is 34.6 Å². The molecule has 1 amide bonds. The Balaban J connectivity index is 1.55. The van der Waals surface area contributed by atoms with Crippen molar-refractivity contribution in [2.75, 3.05) is 10.2 Å². The van der Waals surface area contributed by atoms with Crippen LogP contribution in [-0.2, 0) is 4.79 Å². The van der Waals surface area contributed by atoms with Gasteiger partial charge in [-0.2, -0.15) is 0 Å². The monoisotopic (exact) mass is 501 g/mol. The Morgan fingerprint density at radius 2 is 1.92 bits per heavy atom. The van der Waals surface area contributed by atoms with Crippen molar-refractivity contribution in [1.82, 2.24) is 14.9 Å². The summed E-state index contributed by atoms with van der Waals surface area (Å²) < 4.78 is 2.48. The van der Waals surface area contributed by atoms with E-state index in [4.69, 9.17) is 17.2 Å². The maximum absolute atomic E-state index is 12.3. The van der Waals surface area contributed by atoms with E-state index in [1.54, 1.807) is 0 Å². The number of pyridine rings is 1. The third-order valence-corrected chi connectivity index (χ3v) is 7.77. The number of anilines is 2. The molecule has 36 heavy (non-hydrogen) atoms. The zero-order valence-electron chi connectivity index (χ0n) is 21.3. The molecule has 2 atom stereocenters. The van der Waals surface area contributed by atoms with E-state index in [9.17, 15) is 4.79 Å². The number of aromatic nitrogens is 2. The number of rotatable bonds is 6. The van der Waals surface area contributed by atoms with Crippen molar-refractivity contribution in [3.05, 3.63) is 77.9 Å². The van der Waals surface area contributed by atoms with Gasteiger partial charge in [0.15, 0.2) is 5.11 Å². The van der Waals surface area contributed by atoms with Gasteiger partial charge in [-0.25, -0.2) is 0 Å². The molecule has 1 aliphatic heterocycles. The van der Waals surface area contributed by atoms with Crippen LogP contribution in [0.1, 0.15) is 81.0 Å². The maximum Gasteiger partial charge on any atom is 0.226 e. The number of nitrogens with zero attached hydrogens (tertiary/aromatic N) is 3. The summed E-state index contributed by atoms with van der Waals surface area (Å²) in [6.45, 7) is 5.83. The first kappa shape index (κ1) is 24.5. The van der Waals surface area contributed by atoms with Crippen LogP contribution in [0.2, 0.25) is 0 Å². The second-order valence-corrected chi connectivity index (χ2v) is 10.7. The highest BCUT2D eigenvalue weighted by atomic mass is 32.1. The Morgan fingerprint density at radius 3 is 2.61 bits per heavy atom. The quantitative estimate of drug-likeness (QED) is 0.379. The van der Waals surface area contributed by atoms with Gasteiger partial charge >= 0.3 is 0 Å². The summed E-state index contributed by atoms with van der Waals surface area (Å²) in [4.78, 5) is 19.2. The van der Waals surface area contributed by atoms with Crippen molar-refractivity contribution < 1.29 is 4.79 Å². The van der Waals surface area contributed by atoms with E-state index in [1.807, 2.05) is 45.2 Å². The van der Waals surface area contributed by atoms with Crippen LogP contribution in [0.3, 0.4) is 0 Å². The summed E-state index contributed by atoms with van der Waals surface area (Å²) in [5, 5.41) is 7.31. The molecule has 7 heteroatoms. The number of amides is 1. The third kappa shape index (κ3) is 4.76. The fraction of sp³-hybridized carbons (Fsp3) is 0.414. The molecule has 3 aromatic rings. The Labute approximate surface area is 219 Å². The molecule has 2 aromatic heterocycles. The normalized spacial score (nSPS) is 20.6. The molecule has 188 valence electrons. The van der Waals surface area contributed by atoms with Crippen molar-refractivity contribution in [1.29, 1.82) is 0 Å². The highest BCUT2D eigenvalue weighted by molar-refractivity contribution is 7.80. The van der Waals surface area contributed by atoms with Gasteiger partial charge in [-0.1, -0.05) is 39.2 Å². The van der Waals surface area contributed by atoms with Gasteiger partial charge < -0.3 is 20.1 Å². The molecule has 2 fully saturated rings. The predicted octanol–water partition coefficient (Wildman–Crippen LogP) is 6.47. The van der Waals surface area contributed by atoms with E-state index in [2.05, 4.69) is 56.6 Å². The van der Waals surface area contributed by atoms with Crippen LogP contribution in [0.5, 0.6) is 0 Å². The van der Waals surface area contributed by atoms with Crippen LogP contribution in [0, 0.1) is 12.8 Å². The molecule has 3 heterocycles. The fourth-order valence-electron chi connectivity index (χ4n) is 5.50. The van der Waals surface area contributed by atoms with Crippen LogP contribution >= 0.6 is 12.2 Å². The first-order valence-electron chi connectivity index (χ1n) is 13.0. The molecule has 5 rings (SSSR count). The van der Waals surface area contributed by atoms with E-state index in [0.717, 1.165) is 22.6 Å². The summed E-state index contributed by atoms with van der Waals surface area (Å²) in [6, 6.07) is 17.0. The standard InChI is InChI=1S/C29H35N5OS/c1-19(2)28(35)31-23-15-14-22(18-20(23)3)34-27(26(32-29(34)36)24-12-7-8-16-30-24)25-13-9-17-33(25)21-10-5-4-6-11-21/h7-9,12-19,21,26-27H,4-6,10-11H2,1-3H3,(H,31,35)(H,32,36)/t26-,27+/m1/s1. The van der Waals surface area contributed by atoms with Crippen LogP contribution in [-0.4, -0.2) is 20.6 Å². The summed E-state index contributed by atoms with van der Waals surface area (Å²) in [6.07, 6.45) is 10.4. The number of hydrogen-bond acceptors (Lipinski definition) is 3. The maximum atomic E-state index is 12.3. The van der Waals surface area contributed by atoms with E-state index in [0.29, 0.717) is 11.2 Å². The number of thiocarbonyl (C=S) groups is 1. The first-order valence-corrected chi connectivity index (χ1v) is 13.4. The molecule has 1 saturated heterocycles. The highest BCUT2D eigenvalue weighted by Gasteiger charge is 2.42. The van der Waals surface area contributed by atoms with Crippen LogP contribution in [0.4, 0.5) is 11.4 Å². The molecule has 0 bridgehead atoms. The average Bonchev–Trinajstić information content (AvgIpc) is 3.50. The molecule has 2 N–H and O–H groups in total. The molecule has 0 radical (unpaired) electrons. The van der Waals surface area contributed by atoms with E-state index < -0.39 is 0 Å². The summed E-state index contributed by atoms with van der Waals surface area (Å²) in [7, 11) is 0. The number of hydrogen-bond donors (Lipinski definition) is 2. The van der Waals surface area contributed by atoms with Gasteiger partial charge in [0.1, 0.15) is 6.04 Å². The molecular formula is C29H35N5OS. The van der Waals surface area contributed by atoms with Crippen LogP contribution < -0.4 is 15.5 Å². The zero-order chi connectivity index (χ0) is 25.2. The SMILES string of the molecule is Cc1cc(N2C(=S)N[C@H](c3ccccn3)[C@@H]2c2cccn2C2CCCCC2)ccc1NC(=O)C(C)C. The summed E-state index contributed by atoms with van der Waals surface area (Å²) >= 11 is 5.94. The van der Waals surface area contributed by atoms with Crippen molar-refractivity contribution in [2.24, 2.45) is 5.92 Å². The molecular weight excluding hydrogens is 466 g/mol.